The highest BCUT2D eigenvalue weighted by Gasteiger charge is 2.75. The van der Waals surface area contributed by atoms with E-state index in [1.54, 1.807) is 6.07 Å². The van der Waals surface area contributed by atoms with E-state index in [2.05, 4.69) is 5.32 Å². The van der Waals surface area contributed by atoms with E-state index in [1.165, 1.54) is 18.2 Å². The zero-order chi connectivity index (χ0) is 26.5. The Morgan fingerprint density at radius 1 is 1.05 bits per heavy atom. The van der Waals surface area contributed by atoms with Gasteiger partial charge in [-0.2, -0.15) is 0 Å². The maximum atomic E-state index is 14.2. The van der Waals surface area contributed by atoms with Crippen molar-refractivity contribution < 1.29 is 29.3 Å². The van der Waals surface area contributed by atoms with Crippen molar-refractivity contribution in [1.29, 1.82) is 0 Å². The number of hydrogen-bond donors (Lipinski definition) is 3. The number of carbonyl (C=O) groups excluding carboxylic acids is 3. The molecule has 2 aromatic carbocycles. The third-order valence-corrected chi connectivity index (χ3v) is 8.71. The number of aliphatic hydroxyl groups excluding tert-OH is 2. The van der Waals surface area contributed by atoms with Crippen LogP contribution in [-0.4, -0.2) is 57.8 Å². The number of hydrogen-bond acceptors (Lipinski definition) is 8. The average molecular weight is 587 g/mol. The van der Waals surface area contributed by atoms with Crippen molar-refractivity contribution in [2.45, 2.75) is 37.3 Å². The van der Waals surface area contributed by atoms with Gasteiger partial charge in [0.25, 0.3) is 0 Å². The smallest absolute Gasteiger partial charge is 0.308 e. The number of ether oxygens (including phenoxy) is 1. The largest absolute Gasteiger partial charge is 0.423 e. The molecule has 6 rings (SSSR count). The summed E-state index contributed by atoms with van der Waals surface area (Å²) in [6, 6.07) is 5.20. The van der Waals surface area contributed by atoms with E-state index in [1.807, 2.05) is 4.90 Å². The Balaban J connectivity index is 1.57. The van der Waals surface area contributed by atoms with Gasteiger partial charge in [0, 0.05) is 35.1 Å². The number of esters is 1. The number of aliphatic hydroxyl groups is 2. The standard InChI is InChI=1S/C24H19Cl4N3O6/c1-8(32)37-20-14(28)4-10(26)5-16(20)31-21(34)17-15-6-11(33)7-30(15)24(18(17)22(31)35)12-2-9(25)3-13(27)19(12)29-23(24)36/h2-5,11,15,17-18,23,29,33,36H,6-7H2,1H3/t11-,15?,17?,18?,23?,24?/m0/s1. The lowest BCUT2D eigenvalue weighted by Crippen LogP contribution is -2.56. The van der Waals surface area contributed by atoms with Crippen LogP contribution in [0.5, 0.6) is 5.75 Å². The number of halogens is 4. The Morgan fingerprint density at radius 2 is 1.73 bits per heavy atom. The second-order valence-corrected chi connectivity index (χ2v) is 11.3. The summed E-state index contributed by atoms with van der Waals surface area (Å²) in [5.41, 5.74) is -0.690. The van der Waals surface area contributed by atoms with E-state index in [0.29, 0.717) is 11.3 Å². The van der Waals surface area contributed by atoms with Crippen LogP contribution in [0.2, 0.25) is 20.1 Å². The van der Waals surface area contributed by atoms with Gasteiger partial charge in [-0.15, -0.1) is 0 Å². The molecule has 3 fully saturated rings. The lowest BCUT2D eigenvalue weighted by molar-refractivity contribution is -0.132. The maximum absolute atomic E-state index is 14.2. The van der Waals surface area contributed by atoms with Crippen LogP contribution in [0, 0.1) is 11.8 Å². The number of fused-ring (bicyclic) bond motifs is 7. The zero-order valence-corrected chi connectivity index (χ0v) is 22.1. The molecule has 5 unspecified atom stereocenters. The first-order valence-electron chi connectivity index (χ1n) is 11.4. The molecular weight excluding hydrogens is 568 g/mol. The van der Waals surface area contributed by atoms with Gasteiger partial charge in [-0.1, -0.05) is 46.4 Å². The molecule has 0 radical (unpaired) electrons. The van der Waals surface area contributed by atoms with Gasteiger partial charge in [0.15, 0.2) is 5.75 Å². The summed E-state index contributed by atoms with van der Waals surface area (Å²) in [5.74, 6) is -4.15. The fraction of sp³-hybridized carbons (Fsp3) is 0.375. The van der Waals surface area contributed by atoms with Crippen LogP contribution in [-0.2, 0) is 19.9 Å². The number of imide groups is 1. The molecule has 3 N–H and O–H groups in total. The molecule has 9 nitrogen and oxygen atoms in total. The summed E-state index contributed by atoms with van der Waals surface area (Å²) in [5, 5.41) is 25.6. The molecule has 2 aromatic rings. The number of nitrogens with one attached hydrogen (secondary N) is 1. The topological polar surface area (TPSA) is 119 Å². The highest BCUT2D eigenvalue weighted by atomic mass is 35.5. The summed E-state index contributed by atoms with van der Waals surface area (Å²) in [7, 11) is 0. The van der Waals surface area contributed by atoms with E-state index in [4.69, 9.17) is 51.1 Å². The van der Waals surface area contributed by atoms with Crippen molar-refractivity contribution in [3.8, 4) is 5.75 Å². The molecule has 194 valence electrons. The molecule has 0 aliphatic carbocycles. The van der Waals surface area contributed by atoms with E-state index < -0.39 is 53.5 Å². The number of anilines is 2. The molecule has 4 aliphatic rings. The van der Waals surface area contributed by atoms with Crippen LogP contribution in [0.15, 0.2) is 24.3 Å². The van der Waals surface area contributed by atoms with E-state index in [9.17, 15) is 24.6 Å². The number of benzene rings is 2. The summed E-state index contributed by atoms with van der Waals surface area (Å²) in [6.45, 7) is 1.29. The SMILES string of the molecule is CC(=O)Oc1c(Cl)cc(Cl)cc1N1C(=O)C2C3C[C@H](O)CN3C3(c4cc(Cl)cc(Cl)c4NC3O)C2C1=O. The molecule has 3 saturated heterocycles. The van der Waals surface area contributed by atoms with Crippen molar-refractivity contribution in [3.63, 3.8) is 0 Å². The highest BCUT2D eigenvalue weighted by Crippen LogP contribution is 2.63. The van der Waals surface area contributed by atoms with Gasteiger partial charge in [0.1, 0.15) is 11.8 Å². The Kier molecular flexibility index (Phi) is 5.75. The summed E-state index contributed by atoms with van der Waals surface area (Å²) in [6.07, 6.45) is -1.93. The Labute approximate surface area is 230 Å². The van der Waals surface area contributed by atoms with Gasteiger partial charge in [-0.3, -0.25) is 19.3 Å². The van der Waals surface area contributed by atoms with Crippen LogP contribution in [0.3, 0.4) is 0 Å². The molecule has 0 bridgehead atoms. The lowest BCUT2D eigenvalue weighted by Gasteiger charge is -2.41. The van der Waals surface area contributed by atoms with Crippen LogP contribution in [0.1, 0.15) is 18.9 Å². The van der Waals surface area contributed by atoms with Gasteiger partial charge in [0.2, 0.25) is 11.8 Å². The maximum Gasteiger partial charge on any atom is 0.308 e. The molecule has 6 atom stereocenters. The number of carbonyl (C=O) groups is 3. The fourth-order valence-electron chi connectivity index (χ4n) is 6.60. The van der Waals surface area contributed by atoms with Crippen molar-refractivity contribution in [2.75, 3.05) is 16.8 Å². The normalized spacial score (nSPS) is 32.1. The second-order valence-electron chi connectivity index (χ2n) is 9.64. The molecule has 4 aliphatic heterocycles. The van der Waals surface area contributed by atoms with E-state index in [0.717, 1.165) is 11.8 Å². The first-order chi connectivity index (χ1) is 17.5. The highest BCUT2D eigenvalue weighted by molar-refractivity contribution is 6.38. The minimum absolute atomic E-state index is 0.0607. The van der Waals surface area contributed by atoms with Crippen LogP contribution < -0.4 is 15.0 Å². The molecule has 1 spiro atoms. The van der Waals surface area contributed by atoms with Crippen LogP contribution >= 0.6 is 46.4 Å². The van der Waals surface area contributed by atoms with Crippen molar-refractivity contribution in [2.24, 2.45) is 11.8 Å². The molecule has 37 heavy (non-hydrogen) atoms. The monoisotopic (exact) mass is 585 g/mol. The first-order valence-corrected chi connectivity index (χ1v) is 12.9. The molecule has 13 heteroatoms. The van der Waals surface area contributed by atoms with Gasteiger partial charge in [0.05, 0.1) is 39.4 Å². The van der Waals surface area contributed by atoms with Gasteiger partial charge in [-0.25, -0.2) is 4.90 Å². The predicted octanol–water partition coefficient (Wildman–Crippen LogP) is 3.42. The number of rotatable bonds is 2. The molecular formula is C24H19Cl4N3O6. The summed E-state index contributed by atoms with van der Waals surface area (Å²) >= 11 is 25.3. The predicted molar refractivity (Wildman–Crippen MR) is 136 cm³/mol. The van der Waals surface area contributed by atoms with Crippen molar-refractivity contribution >= 4 is 75.6 Å². The molecule has 0 aromatic heterocycles. The third kappa shape index (κ3) is 3.32. The zero-order valence-electron chi connectivity index (χ0n) is 19.0. The average Bonchev–Trinajstić information content (AvgIpc) is 3.46. The van der Waals surface area contributed by atoms with Crippen LogP contribution in [0.25, 0.3) is 0 Å². The van der Waals surface area contributed by atoms with Crippen molar-refractivity contribution in [1.82, 2.24) is 4.90 Å². The van der Waals surface area contributed by atoms with E-state index >= 15 is 0 Å². The summed E-state index contributed by atoms with van der Waals surface area (Å²) in [4.78, 5) is 42.8. The van der Waals surface area contributed by atoms with E-state index in [-0.39, 0.29) is 44.5 Å². The molecule has 4 heterocycles. The second kappa shape index (κ2) is 8.44. The van der Waals surface area contributed by atoms with Gasteiger partial charge < -0.3 is 20.3 Å². The Bertz CT molecular complexity index is 1410. The Hall–Kier alpha value is -2.11. The fourth-order valence-corrected chi connectivity index (χ4v) is 7.67. The summed E-state index contributed by atoms with van der Waals surface area (Å²) < 4.78 is 5.27. The van der Waals surface area contributed by atoms with Gasteiger partial charge in [-0.05, 0) is 30.7 Å². The van der Waals surface area contributed by atoms with Gasteiger partial charge >= 0.3 is 5.97 Å². The van der Waals surface area contributed by atoms with Crippen molar-refractivity contribution in [3.05, 3.63) is 49.9 Å². The minimum Gasteiger partial charge on any atom is -0.423 e. The Morgan fingerprint density at radius 3 is 2.43 bits per heavy atom. The number of amides is 2. The quantitative estimate of drug-likeness (QED) is 0.278. The minimum atomic E-state index is -1.46. The third-order valence-electron chi connectivity index (χ3n) is 7.70. The number of nitrogens with zero attached hydrogens (tertiary/aromatic N) is 2. The lowest BCUT2D eigenvalue weighted by atomic mass is 9.74. The molecule has 0 saturated carbocycles. The van der Waals surface area contributed by atoms with Crippen LogP contribution in [0.4, 0.5) is 11.4 Å². The first kappa shape index (κ1) is 25.2. The molecule has 2 amide bonds.